The predicted octanol–water partition coefficient (Wildman–Crippen LogP) is 1.30. The number of aromatic nitrogens is 1. The van der Waals surface area contributed by atoms with E-state index in [1.807, 2.05) is 13.8 Å². The van der Waals surface area contributed by atoms with Crippen molar-refractivity contribution in [2.45, 2.75) is 32.8 Å². The van der Waals surface area contributed by atoms with Crippen LogP contribution in [0.3, 0.4) is 0 Å². The standard InChI is InChI=1S/C13H22N4O2/c1-10(2)19-8-4-3-7-15-13(18)11-5-6-12(17-14)16-9-11/h5-6,9-10H,3-4,7-8,14H2,1-2H3,(H,15,18)(H,16,17). The zero-order valence-corrected chi connectivity index (χ0v) is 11.5. The summed E-state index contributed by atoms with van der Waals surface area (Å²) < 4.78 is 5.42. The van der Waals surface area contributed by atoms with Crippen molar-refractivity contribution in [3.63, 3.8) is 0 Å². The minimum atomic E-state index is -0.124. The maximum atomic E-state index is 11.8. The molecular weight excluding hydrogens is 244 g/mol. The smallest absolute Gasteiger partial charge is 0.252 e. The highest BCUT2D eigenvalue weighted by molar-refractivity contribution is 5.93. The zero-order valence-electron chi connectivity index (χ0n) is 11.5. The van der Waals surface area contributed by atoms with Crippen LogP contribution in [-0.4, -0.2) is 30.1 Å². The number of anilines is 1. The van der Waals surface area contributed by atoms with Crippen LogP contribution in [-0.2, 0) is 4.74 Å². The Kier molecular flexibility index (Phi) is 6.84. The maximum Gasteiger partial charge on any atom is 0.252 e. The number of hydrogen-bond acceptors (Lipinski definition) is 5. The first-order valence-electron chi connectivity index (χ1n) is 6.46. The van der Waals surface area contributed by atoms with Crippen LogP contribution in [0.4, 0.5) is 5.82 Å². The van der Waals surface area contributed by atoms with E-state index in [4.69, 9.17) is 10.6 Å². The molecule has 0 unspecified atom stereocenters. The highest BCUT2D eigenvalue weighted by atomic mass is 16.5. The fourth-order valence-corrected chi connectivity index (χ4v) is 1.46. The van der Waals surface area contributed by atoms with Gasteiger partial charge in [-0.15, -0.1) is 0 Å². The number of nitrogen functional groups attached to an aromatic ring is 1. The number of carbonyl (C=O) groups is 1. The molecule has 1 aromatic rings. The first-order chi connectivity index (χ1) is 9.13. The van der Waals surface area contributed by atoms with Crippen molar-refractivity contribution >= 4 is 11.7 Å². The van der Waals surface area contributed by atoms with E-state index in [0.717, 1.165) is 19.4 Å². The third-order valence-corrected chi connectivity index (χ3v) is 2.48. The number of rotatable bonds is 8. The number of ether oxygens (including phenoxy) is 1. The SMILES string of the molecule is CC(C)OCCCCNC(=O)c1ccc(NN)nc1. The van der Waals surface area contributed by atoms with E-state index in [1.54, 1.807) is 12.1 Å². The molecular formula is C13H22N4O2. The number of hydrazine groups is 1. The Morgan fingerprint density at radius 3 is 2.79 bits per heavy atom. The molecule has 6 nitrogen and oxygen atoms in total. The molecule has 1 aromatic heterocycles. The van der Waals surface area contributed by atoms with Gasteiger partial charge in [-0.1, -0.05) is 0 Å². The molecule has 0 aromatic carbocycles. The van der Waals surface area contributed by atoms with Gasteiger partial charge in [-0.3, -0.25) is 4.79 Å². The van der Waals surface area contributed by atoms with Gasteiger partial charge in [0.25, 0.3) is 5.91 Å². The van der Waals surface area contributed by atoms with Crippen molar-refractivity contribution in [3.8, 4) is 0 Å². The summed E-state index contributed by atoms with van der Waals surface area (Å²) in [4.78, 5) is 15.7. The Morgan fingerprint density at radius 2 is 2.21 bits per heavy atom. The van der Waals surface area contributed by atoms with Crippen LogP contribution in [0, 0.1) is 0 Å². The second kappa shape index (κ2) is 8.44. The van der Waals surface area contributed by atoms with E-state index in [9.17, 15) is 4.79 Å². The second-order valence-electron chi connectivity index (χ2n) is 4.46. The molecule has 0 fully saturated rings. The molecule has 1 amide bonds. The Morgan fingerprint density at radius 1 is 1.42 bits per heavy atom. The maximum absolute atomic E-state index is 11.8. The number of nitrogens with two attached hydrogens (primary N) is 1. The minimum absolute atomic E-state index is 0.124. The molecule has 0 bridgehead atoms. The van der Waals surface area contributed by atoms with E-state index < -0.39 is 0 Å². The van der Waals surface area contributed by atoms with E-state index in [2.05, 4.69) is 15.7 Å². The molecule has 0 aliphatic rings. The lowest BCUT2D eigenvalue weighted by Gasteiger charge is -2.08. The number of nitrogens with one attached hydrogen (secondary N) is 2. The summed E-state index contributed by atoms with van der Waals surface area (Å²) in [6.45, 7) is 5.38. The summed E-state index contributed by atoms with van der Waals surface area (Å²) in [5.41, 5.74) is 2.94. The Labute approximate surface area is 113 Å². The monoisotopic (exact) mass is 266 g/mol. The minimum Gasteiger partial charge on any atom is -0.379 e. The van der Waals surface area contributed by atoms with Crippen molar-refractivity contribution in [3.05, 3.63) is 23.9 Å². The molecule has 1 heterocycles. The average molecular weight is 266 g/mol. The third kappa shape index (κ3) is 6.17. The van der Waals surface area contributed by atoms with E-state index >= 15 is 0 Å². The van der Waals surface area contributed by atoms with E-state index in [1.165, 1.54) is 6.20 Å². The highest BCUT2D eigenvalue weighted by Crippen LogP contribution is 2.03. The Bertz CT molecular complexity index is 379. The molecule has 106 valence electrons. The highest BCUT2D eigenvalue weighted by Gasteiger charge is 2.05. The molecule has 0 saturated carbocycles. The van der Waals surface area contributed by atoms with Crippen LogP contribution in [0.5, 0.6) is 0 Å². The molecule has 0 saturated heterocycles. The molecule has 0 atom stereocenters. The molecule has 0 aliphatic heterocycles. The molecule has 0 aliphatic carbocycles. The number of amides is 1. The number of carbonyl (C=O) groups excluding carboxylic acids is 1. The topological polar surface area (TPSA) is 89.3 Å². The van der Waals surface area contributed by atoms with Gasteiger partial charge in [0.05, 0.1) is 11.7 Å². The molecule has 19 heavy (non-hydrogen) atoms. The normalized spacial score (nSPS) is 10.5. The zero-order chi connectivity index (χ0) is 14.1. The lowest BCUT2D eigenvalue weighted by atomic mass is 10.2. The summed E-state index contributed by atoms with van der Waals surface area (Å²) in [6, 6.07) is 3.34. The van der Waals surface area contributed by atoms with Crippen molar-refractivity contribution in [1.82, 2.24) is 10.3 Å². The second-order valence-corrected chi connectivity index (χ2v) is 4.46. The summed E-state index contributed by atoms with van der Waals surface area (Å²) >= 11 is 0. The van der Waals surface area contributed by atoms with Gasteiger partial charge < -0.3 is 15.5 Å². The van der Waals surface area contributed by atoms with Crippen molar-refractivity contribution in [2.75, 3.05) is 18.6 Å². The van der Waals surface area contributed by atoms with Crippen LogP contribution in [0.2, 0.25) is 0 Å². The van der Waals surface area contributed by atoms with Crippen LogP contribution in [0.25, 0.3) is 0 Å². The number of pyridine rings is 1. The summed E-state index contributed by atoms with van der Waals surface area (Å²) in [6.07, 6.45) is 3.59. The van der Waals surface area contributed by atoms with E-state index in [0.29, 0.717) is 17.9 Å². The fraction of sp³-hybridized carbons (Fsp3) is 0.538. The number of unbranched alkanes of at least 4 members (excludes halogenated alkanes) is 1. The lowest BCUT2D eigenvalue weighted by molar-refractivity contribution is 0.0754. The van der Waals surface area contributed by atoms with Gasteiger partial charge in [0.15, 0.2) is 0 Å². The van der Waals surface area contributed by atoms with Gasteiger partial charge in [-0.2, -0.15) is 0 Å². The largest absolute Gasteiger partial charge is 0.379 e. The van der Waals surface area contributed by atoms with Gasteiger partial charge in [0.2, 0.25) is 0 Å². The summed E-state index contributed by atoms with van der Waals surface area (Å²) in [5.74, 6) is 5.60. The number of hydrogen-bond donors (Lipinski definition) is 3. The Hall–Kier alpha value is -1.66. The molecule has 4 N–H and O–H groups in total. The predicted molar refractivity (Wildman–Crippen MR) is 74.7 cm³/mol. The van der Waals surface area contributed by atoms with Crippen LogP contribution >= 0.6 is 0 Å². The van der Waals surface area contributed by atoms with Gasteiger partial charge in [-0.05, 0) is 38.8 Å². The molecule has 1 rings (SSSR count). The number of nitrogens with zero attached hydrogens (tertiary/aromatic N) is 1. The van der Waals surface area contributed by atoms with E-state index in [-0.39, 0.29) is 12.0 Å². The third-order valence-electron chi connectivity index (χ3n) is 2.48. The van der Waals surface area contributed by atoms with Crippen molar-refractivity contribution in [2.24, 2.45) is 5.84 Å². The van der Waals surface area contributed by atoms with Crippen LogP contribution in [0.15, 0.2) is 18.3 Å². The quantitative estimate of drug-likeness (QED) is 0.375. The van der Waals surface area contributed by atoms with Crippen LogP contribution in [0.1, 0.15) is 37.0 Å². The average Bonchev–Trinajstić information content (AvgIpc) is 2.42. The molecule has 0 radical (unpaired) electrons. The van der Waals surface area contributed by atoms with Crippen molar-refractivity contribution in [1.29, 1.82) is 0 Å². The Balaban J connectivity index is 2.20. The van der Waals surface area contributed by atoms with Crippen molar-refractivity contribution < 1.29 is 9.53 Å². The fourth-order valence-electron chi connectivity index (χ4n) is 1.46. The van der Waals surface area contributed by atoms with Crippen LogP contribution < -0.4 is 16.6 Å². The summed E-state index contributed by atoms with van der Waals surface area (Å²) in [5, 5.41) is 2.84. The van der Waals surface area contributed by atoms with Gasteiger partial charge in [0, 0.05) is 19.3 Å². The van der Waals surface area contributed by atoms with Gasteiger partial charge >= 0.3 is 0 Å². The lowest BCUT2D eigenvalue weighted by Crippen LogP contribution is -2.25. The molecule has 6 heteroatoms. The first-order valence-corrected chi connectivity index (χ1v) is 6.46. The molecule has 0 spiro atoms. The van der Waals surface area contributed by atoms with Gasteiger partial charge in [0.1, 0.15) is 5.82 Å². The van der Waals surface area contributed by atoms with Gasteiger partial charge in [-0.25, -0.2) is 10.8 Å². The summed E-state index contributed by atoms with van der Waals surface area (Å²) in [7, 11) is 0. The first kappa shape index (κ1) is 15.4.